The van der Waals surface area contributed by atoms with Crippen LogP contribution in [0.2, 0.25) is 0 Å². The standard InChI is InChI=1S/C11H19N5/c1-5-6-14-11(13-4)9-10(12)16(7-15-9)8(2)3/h5-8H,12H2,1-4H3,(H,13,14)/b6-5-. The van der Waals surface area contributed by atoms with Crippen LogP contribution in [0.15, 0.2) is 23.6 Å². The van der Waals surface area contributed by atoms with E-state index in [1.165, 1.54) is 0 Å². The first-order valence-electron chi connectivity index (χ1n) is 5.29. The summed E-state index contributed by atoms with van der Waals surface area (Å²) in [7, 11) is 1.71. The number of hydrogen-bond acceptors (Lipinski definition) is 3. The van der Waals surface area contributed by atoms with Crippen molar-refractivity contribution in [2.24, 2.45) is 4.99 Å². The molecule has 0 aliphatic heterocycles. The van der Waals surface area contributed by atoms with Crippen molar-refractivity contribution in [3.8, 4) is 0 Å². The van der Waals surface area contributed by atoms with Crippen molar-refractivity contribution in [1.29, 1.82) is 0 Å². The van der Waals surface area contributed by atoms with Crippen LogP contribution < -0.4 is 11.1 Å². The van der Waals surface area contributed by atoms with Crippen LogP contribution in [-0.2, 0) is 0 Å². The molecular formula is C11H19N5. The molecule has 5 nitrogen and oxygen atoms in total. The van der Waals surface area contributed by atoms with Crippen molar-refractivity contribution >= 4 is 11.7 Å². The quantitative estimate of drug-likeness (QED) is 0.601. The Kier molecular flexibility index (Phi) is 4.10. The summed E-state index contributed by atoms with van der Waals surface area (Å²) in [4.78, 5) is 8.40. The van der Waals surface area contributed by atoms with Crippen LogP contribution in [0.25, 0.3) is 0 Å². The molecule has 0 saturated carbocycles. The number of aliphatic imine (C=N–C) groups is 1. The Hall–Kier alpha value is -1.78. The van der Waals surface area contributed by atoms with E-state index in [0.29, 0.717) is 23.4 Å². The molecule has 0 aliphatic carbocycles. The van der Waals surface area contributed by atoms with Gasteiger partial charge in [0, 0.05) is 13.1 Å². The van der Waals surface area contributed by atoms with Crippen molar-refractivity contribution in [3.63, 3.8) is 0 Å². The van der Waals surface area contributed by atoms with E-state index in [1.54, 1.807) is 19.6 Å². The number of imidazole rings is 1. The molecule has 0 saturated heterocycles. The van der Waals surface area contributed by atoms with Crippen LogP contribution in [0.4, 0.5) is 5.82 Å². The molecular weight excluding hydrogens is 202 g/mol. The third kappa shape index (κ3) is 2.42. The molecule has 1 rings (SSSR count). The molecule has 1 heterocycles. The minimum atomic E-state index is 0.293. The second-order valence-corrected chi connectivity index (χ2v) is 3.70. The second-order valence-electron chi connectivity index (χ2n) is 3.70. The number of anilines is 1. The van der Waals surface area contributed by atoms with Gasteiger partial charge in [-0.1, -0.05) is 6.08 Å². The van der Waals surface area contributed by atoms with Crippen molar-refractivity contribution in [1.82, 2.24) is 14.9 Å². The van der Waals surface area contributed by atoms with Crippen molar-refractivity contribution in [2.45, 2.75) is 26.8 Å². The summed E-state index contributed by atoms with van der Waals surface area (Å²) in [5.74, 6) is 1.31. The molecule has 0 atom stereocenters. The van der Waals surface area contributed by atoms with Gasteiger partial charge in [-0.25, -0.2) is 4.98 Å². The SMILES string of the molecule is C/C=C\NC(=NC)c1ncn(C(C)C)c1N. The first-order chi connectivity index (χ1) is 7.61. The molecule has 0 fully saturated rings. The fraction of sp³-hybridized carbons (Fsp3) is 0.455. The van der Waals surface area contributed by atoms with Crippen LogP contribution in [-0.4, -0.2) is 22.4 Å². The molecule has 0 amide bonds. The molecule has 0 unspecified atom stereocenters. The van der Waals surface area contributed by atoms with Gasteiger partial charge in [-0.3, -0.25) is 4.99 Å². The van der Waals surface area contributed by atoms with Crippen LogP contribution in [0.1, 0.15) is 32.5 Å². The molecule has 0 spiro atoms. The van der Waals surface area contributed by atoms with Gasteiger partial charge in [0.1, 0.15) is 11.5 Å². The van der Waals surface area contributed by atoms with E-state index in [4.69, 9.17) is 5.73 Å². The van der Waals surface area contributed by atoms with E-state index in [0.717, 1.165) is 0 Å². The highest BCUT2D eigenvalue weighted by Crippen LogP contribution is 2.15. The lowest BCUT2D eigenvalue weighted by Gasteiger charge is -2.09. The van der Waals surface area contributed by atoms with Crippen molar-refractivity contribution < 1.29 is 0 Å². The maximum Gasteiger partial charge on any atom is 0.154 e. The number of amidine groups is 1. The topological polar surface area (TPSA) is 68.2 Å². The molecule has 0 aromatic carbocycles. The fourth-order valence-corrected chi connectivity index (χ4v) is 1.37. The smallest absolute Gasteiger partial charge is 0.154 e. The normalized spacial score (nSPS) is 12.7. The first kappa shape index (κ1) is 12.3. The molecule has 3 N–H and O–H groups in total. The zero-order valence-corrected chi connectivity index (χ0v) is 10.2. The Morgan fingerprint density at radius 1 is 1.62 bits per heavy atom. The lowest BCUT2D eigenvalue weighted by molar-refractivity contribution is 0.607. The van der Waals surface area contributed by atoms with Gasteiger partial charge in [-0.05, 0) is 27.0 Å². The Morgan fingerprint density at radius 2 is 2.31 bits per heavy atom. The third-order valence-corrected chi connectivity index (χ3v) is 2.22. The lowest BCUT2D eigenvalue weighted by atomic mass is 10.3. The molecule has 1 aromatic rings. The highest BCUT2D eigenvalue weighted by molar-refractivity contribution is 6.01. The highest BCUT2D eigenvalue weighted by Gasteiger charge is 2.13. The van der Waals surface area contributed by atoms with Gasteiger partial charge in [0.25, 0.3) is 0 Å². The molecule has 0 bridgehead atoms. The highest BCUT2D eigenvalue weighted by atomic mass is 15.2. The number of nitrogens with one attached hydrogen (secondary N) is 1. The summed E-state index contributed by atoms with van der Waals surface area (Å²) in [5.41, 5.74) is 6.70. The average molecular weight is 221 g/mol. The van der Waals surface area contributed by atoms with E-state index in [9.17, 15) is 0 Å². The number of hydrogen-bond donors (Lipinski definition) is 2. The molecule has 88 valence electrons. The van der Waals surface area contributed by atoms with Crippen LogP contribution in [0, 0.1) is 0 Å². The van der Waals surface area contributed by atoms with E-state index in [2.05, 4.69) is 29.1 Å². The minimum Gasteiger partial charge on any atom is -0.383 e. The van der Waals surface area contributed by atoms with E-state index in [-0.39, 0.29) is 0 Å². The zero-order valence-electron chi connectivity index (χ0n) is 10.2. The van der Waals surface area contributed by atoms with Gasteiger partial charge in [0.05, 0.1) is 6.33 Å². The predicted molar refractivity (Wildman–Crippen MR) is 67.4 cm³/mol. The number of nitrogens with zero attached hydrogens (tertiary/aromatic N) is 3. The van der Waals surface area contributed by atoms with Gasteiger partial charge >= 0.3 is 0 Å². The number of allylic oxidation sites excluding steroid dienone is 1. The van der Waals surface area contributed by atoms with E-state index in [1.807, 2.05) is 17.6 Å². The summed E-state index contributed by atoms with van der Waals surface area (Å²) < 4.78 is 1.91. The number of nitrogen functional groups attached to an aromatic ring is 1. The molecule has 1 aromatic heterocycles. The lowest BCUT2D eigenvalue weighted by Crippen LogP contribution is -2.21. The zero-order chi connectivity index (χ0) is 12.1. The second kappa shape index (κ2) is 5.34. The first-order valence-corrected chi connectivity index (χ1v) is 5.29. The summed E-state index contributed by atoms with van der Waals surface area (Å²) in [5, 5.41) is 3.04. The van der Waals surface area contributed by atoms with Crippen LogP contribution >= 0.6 is 0 Å². The van der Waals surface area contributed by atoms with Gasteiger partial charge < -0.3 is 15.6 Å². The molecule has 0 aliphatic rings. The van der Waals surface area contributed by atoms with Gasteiger partial charge in [0.2, 0.25) is 0 Å². The van der Waals surface area contributed by atoms with E-state index >= 15 is 0 Å². The Labute approximate surface area is 96.1 Å². The summed E-state index contributed by atoms with van der Waals surface area (Å²) in [6, 6.07) is 0.293. The fourth-order valence-electron chi connectivity index (χ4n) is 1.37. The number of aromatic nitrogens is 2. The van der Waals surface area contributed by atoms with E-state index < -0.39 is 0 Å². The minimum absolute atomic E-state index is 0.293. The summed E-state index contributed by atoms with van der Waals surface area (Å²) >= 11 is 0. The maximum absolute atomic E-state index is 6.01. The number of nitrogens with two attached hydrogens (primary N) is 1. The molecule has 0 radical (unpaired) electrons. The van der Waals surface area contributed by atoms with Crippen LogP contribution in [0.5, 0.6) is 0 Å². The molecule has 5 heteroatoms. The average Bonchev–Trinajstić information content (AvgIpc) is 2.62. The van der Waals surface area contributed by atoms with Gasteiger partial charge in [-0.2, -0.15) is 0 Å². The summed E-state index contributed by atoms with van der Waals surface area (Å²) in [6.07, 6.45) is 5.43. The maximum atomic E-state index is 6.01. The largest absolute Gasteiger partial charge is 0.383 e. The Morgan fingerprint density at radius 3 is 2.75 bits per heavy atom. The van der Waals surface area contributed by atoms with Gasteiger partial charge in [0.15, 0.2) is 5.84 Å². The third-order valence-electron chi connectivity index (χ3n) is 2.22. The van der Waals surface area contributed by atoms with Crippen molar-refractivity contribution in [2.75, 3.05) is 12.8 Å². The number of rotatable bonds is 3. The molecule has 16 heavy (non-hydrogen) atoms. The Balaban J connectivity index is 3.03. The van der Waals surface area contributed by atoms with Gasteiger partial charge in [-0.15, -0.1) is 0 Å². The predicted octanol–water partition coefficient (Wildman–Crippen LogP) is 1.55. The monoisotopic (exact) mass is 221 g/mol. The van der Waals surface area contributed by atoms with Crippen LogP contribution in [0.3, 0.4) is 0 Å². The Bertz CT molecular complexity index is 401. The summed E-state index contributed by atoms with van der Waals surface area (Å²) in [6.45, 7) is 6.05. The van der Waals surface area contributed by atoms with Crippen molar-refractivity contribution in [3.05, 3.63) is 24.3 Å².